The lowest BCUT2D eigenvalue weighted by Crippen LogP contribution is -2.46. The van der Waals surface area contributed by atoms with Gasteiger partial charge >= 0.3 is 6.03 Å². The molecule has 1 atom stereocenters. The van der Waals surface area contributed by atoms with E-state index in [-0.39, 0.29) is 19.7 Å². The number of hydrogen-bond donors (Lipinski definition) is 2. The van der Waals surface area contributed by atoms with Crippen molar-refractivity contribution in [2.75, 3.05) is 26.8 Å². The Morgan fingerprint density at radius 1 is 1.19 bits per heavy atom. The molecule has 1 heterocycles. The number of imide groups is 1. The van der Waals surface area contributed by atoms with E-state index in [1.54, 1.807) is 19.2 Å². The number of nitrogens with one attached hydrogen (secondary N) is 1. The molecule has 0 aliphatic carbocycles. The molecule has 0 radical (unpaired) electrons. The van der Waals surface area contributed by atoms with Gasteiger partial charge in [0.1, 0.15) is 17.8 Å². The molecule has 8 nitrogen and oxygen atoms in total. The number of aliphatic hydroxyl groups is 1. The van der Waals surface area contributed by atoms with Crippen LogP contribution >= 0.6 is 0 Å². The summed E-state index contributed by atoms with van der Waals surface area (Å²) in [4.78, 5) is 41.6. The molecule has 170 valence electrons. The fraction of sp³-hybridized carbons (Fsp3) is 0.375. The summed E-state index contributed by atoms with van der Waals surface area (Å²) in [6.45, 7) is 3.45. The fourth-order valence-corrected chi connectivity index (χ4v) is 4.00. The fourth-order valence-electron chi connectivity index (χ4n) is 4.00. The van der Waals surface area contributed by atoms with Crippen molar-refractivity contribution in [2.24, 2.45) is 0 Å². The summed E-state index contributed by atoms with van der Waals surface area (Å²) in [7, 11) is 1.57. The number of carbonyl (C=O) groups is 3. The third kappa shape index (κ3) is 4.45. The lowest BCUT2D eigenvalue weighted by molar-refractivity contribution is -0.139. The Morgan fingerprint density at radius 2 is 1.91 bits per heavy atom. The Labute approximate surface area is 187 Å². The molecule has 1 aliphatic heterocycles. The van der Waals surface area contributed by atoms with Crippen LogP contribution in [0, 0.1) is 6.92 Å². The Morgan fingerprint density at radius 3 is 2.50 bits per heavy atom. The normalized spacial score (nSPS) is 17.9. The molecule has 1 aliphatic rings. The molecule has 0 aromatic heterocycles. The molecular weight excluding hydrogens is 410 g/mol. The average Bonchev–Trinajstić information content (AvgIpc) is 3.04. The predicted octanol–water partition coefficient (Wildman–Crippen LogP) is 2.18. The van der Waals surface area contributed by atoms with Crippen molar-refractivity contribution >= 4 is 17.8 Å². The summed E-state index contributed by atoms with van der Waals surface area (Å²) in [5.74, 6) is -0.194. The first-order valence-electron chi connectivity index (χ1n) is 10.6. The van der Waals surface area contributed by atoms with E-state index in [2.05, 4.69) is 5.32 Å². The van der Waals surface area contributed by atoms with Gasteiger partial charge < -0.3 is 20.1 Å². The van der Waals surface area contributed by atoms with E-state index in [1.165, 1.54) is 4.90 Å². The van der Waals surface area contributed by atoms with E-state index in [9.17, 15) is 19.5 Å². The second kappa shape index (κ2) is 9.82. The lowest BCUT2D eigenvalue weighted by atomic mass is 9.86. The number of nitrogens with zero attached hydrogens (tertiary/aromatic N) is 2. The van der Waals surface area contributed by atoms with Crippen LogP contribution in [0.1, 0.15) is 30.0 Å². The molecule has 1 unspecified atom stereocenters. The van der Waals surface area contributed by atoms with Crippen LogP contribution in [0.25, 0.3) is 0 Å². The number of ether oxygens (including phenoxy) is 1. The van der Waals surface area contributed by atoms with E-state index in [1.807, 2.05) is 50.2 Å². The number of aryl methyl sites for hydroxylation is 1. The zero-order chi connectivity index (χ0) is 23.3. The molecule has 4 amide bonds. The van der Waals surface area contributed by atoms with Crippen LogP contribution in [-0.4, -0.2) is 59.6 Å². The first-order valence-corrected chi connectivity index (χ1v) is 10.6. The summed E-state index contributed by atoms with van der Waals surface area (Å²) in [6.07, 6.45) is 0.332. The Balaban J connectivity index is 1.82. The molecule has 0 saturated carbocycles. The average molecular weight is 440 g/mol. The topological polar surface area (TPSA) is 99.2 Å². The smallest absolute Gasteiger partial charge is 0.325 e. The maximum Gasteiger partial charge on any atom is 0.325 e. The first-order chi connectivity index (χ1) is 15.4. The van der Waals surface area contributed by atoms with Gasteiger partial charge in [-0.05, 0) is 42.2 Å². The number of aliphatic hydroxyl groups excluding tert-OH is 1. The van der Waals surface area contributed by atoms with Crippen molar-refractivity contribution in [3.8, 4) is 5.75 Å². The van der Waals surface area contributed by atoms with Gasteiger partial charge in [0.05, 0.1) is 13.7 Å². The summed E-state index contributed by atoms with van der Waals surface area (Å²) in [5.41, 5.74) is 1.13. The van der Waals surface area contributed by atoms with Crippen molar-refractivity contribution < 1.29 is 24.2 Å². The molecule has 2 N–H and O–H groups in total. The highest BCUT2D eigenvalue weighted by molar-refractivity contribution is 6.09. The molecule has 2 aromatic rings. The van der Waals surface area contributed by atoms with E-state index in [0.717, 1.165) is 16.0 Å². The highest BCUT2D eigenvalue weighted by atomic mass is 16.5. The molecule has 1 saturated heterocycles. The van der Waals surface area contributed by atoms with Crippen LogP contribution in [0.3, 0.4) is 0 Å². The van der Waals surface area contributed by atoms with Gasteiger partial charge in [0, 0.05) is 13.1 Å². The number of amides is 4. The Bertz CT molecular complexity index is 994. The SMILES string of the molecule is CCC1(c2ccc(OC)c(C)c2)NC(=O)N(CC(=O)N(CCO)Cc2ccccc2)C1=O. The predicted molar refractivity (Wildman–Crippen MR) is 119 cm³/mol. The number of carbonyl (C=O) groups excluding carboxylic acids is 3. The van der Waals surface area contributed by atoms with Crippen LogP contribution in [-0.2, 0) is 21.7 Å². The van der Waals surface area contributed by atoms with Crippen molar-refractivity contribution in [1.29, 1.82) is 0 Å². The van der Waals surface area contributed by atoms with Gasteiger partial charge in [-0.2, -0.15) is 0 Å². The number of urea groups is 1. The Kier molecular flexibility index (Phi) is 7.15. The Hall–Kier alpha value is -3.39. The van der Waals surface area contributed by atoms with E-state index >= 15 is 0 Å². The van der Waals surface area contributed by atoms with Gasteiger partial charge in [0.25, 0.3) is 5.91 Å². The minimum Gasteiger partial charge on any atom is -0.496 e. The van der Waals surface area contributed by atoms with Gasteiger partial charge in [-0.25, -0.2) is 4.79 Å². The molecule has 0 bridgehead atoms. The van der Waals surface area contributed by atoms with E-state index in [4.69, 9.17) is 4.74 Å². The monoisotopic (exact) mass is 439 g/mol. The minimum absolute atomic E-state index is 0.105. The molecule has 3 rings (SSSR count). The van der Waals surface area contributed by atoms with Crippen LogP contribution in [0.2, 0.25) is 0 Å². The standard InChI is InChI=1S/C24H29N3O5/c1-4-24(19-10-11-20(32-3)17(2)14-19)22(30)27(23(31)25-24)16-21(29)26(12-13-28)15-18-8-6-5-7-9-18/h5-11,14,28H,4,12-13,15-16H2,1-3H3,(H,25,31). The summed E-state index contributed by atoms with van der Waals surface area (Å²) >= 11 is 0. The zero-order valence-corrected chi connectivity index (χ0v) is 18.6. The van der Waals surface area contributed by atoms with Crippen LogP contribution in [0.4, 0.5) is 4.79 Å². The van der Waals surface area contributed by atoms with Crippen LogP contribution in [0.5, 0.6) is 5.75 Å². The van der Waals surface area contributed by atoms with E-state index < -0.39 is 29.9 Å². The zero-order valence-electron chi connectivity index (χ0n) is 18.6. The third-order valence-electron chi connectivity index (χ3n) is 5.83. The van der Waals surface area contributed by atoms with E-state index in [0.29, 0.717) is 17.7 Å². The summed E-state index contributed by atoms with van der Waals surface area (Å²) < 4.78 is 5.30. The molecule has 2 aromatic carbocycles. The maximum absolute atomic E-state index is 13.4. The molecule has 0 spiro atoms. The summed E-state index contributed by atoms with van der Waals surface area (Å²) in [6, 6.07) is 14.1. The van der Waals surface area contributed by atoms with Gasteiger partial charge in [-0.15, -0.1) is 0 Å². The number of rotatable bonds is 9. The van der Waals surface area contributed by atoms with Gasteiger partial charge in [0.2, 0.25) is 5.91 Å². The third-order valence-corrected chi connectivity index (χ3v) is 5.83. The molecule has 1 fully saturated rings. The number of methoxy groups -OCH3 is 1. The largest absolute Gasteiger partial charge is 0.496 e. The second-order valence-corrected chi connectivity index (χ2v) is 7.79. The lowest BCUT2D eigenvalue weighted by Gasteiger charge is -2.27. The number of benzene rings is 2. The second-order valence-electron chi connectivity index (χ2n) is 7.79. The molecular formula is C24H29N3O5. The van der Waals surface area contributed by atoms with Gasteiger partial charge in [-0.3, -0.25) is 14.5 Å². The quantitative estimate of drug-likeness (QED) is 0.584. The summed E-state index contributed by atoms with van der Waals surface area (Å²) in [5, 5.41) is 12.2. The molecule has 8 heteroatoms. The minimum atomic E-state index is -1.24. The maximum atomic E-state index is 13.4. The highest BCUT2D eigenvalue weighted by Crippen LogP contribution is 2.34. The molecule has 32 heavy (non-hydrogen) atoms. The van der Waals surface area contributed by atoms with Crippen molar-refractivity contribution in [2.45, 2.75) is 32.4 Å². The highest BCUT2D eigenvalue weighted by Gasteiger charge is 2.52. The first kappa shape index (κ1) is 23.3. The van der Waals surface area contributed by atoms with Gasteiger partial charge in [0.15, 0.2) is 0 Å². The van der Waals surface area contributed by atoms with Crippen molar-refractivity contribution in [3.63, 3.8) is 0 Å². The van der Waals surface area contributed by atoms with Crippen molar-refractivity contribution in [1.82, 2.24) is 15.1 Å². The number of hydrogen-bond acceptors (Lipinski definition) is 5. The van der Waals surface area contributed by atoms with Gasteiger partial charge in [-0.1, -0.05) is 43.3 Å². The van der Waals surface area contributed by atoms with Crippen LogP contribution in [0.15, 0.2) is 48.5 Å². The van der Waals surface area contributed by atoms with Crippen LogP contribution < -0.4 is 10.1 Å². The van der Waals surface area contributed by atoms with Crippen molar-refractivity contribution in [3.05, 3.63) is 65.2 Å².